The lowest BCUT2D eigenvalue weighted by atomic mass is 10.2. The van der Waals surface area contributed by atoms with Crippen LogP contribution in [0.5, 0.6) is 0 Å². The van der Waals surface area contributed by atoms with Crippen molar-refractivity contribution >= 4 is 16.9 Å². The molecule has 5 heteroatoms. The van der Waals surface area contributed by atoms with Crippen molar-refractivity contribution < 1.29 is 9.90 Å². The minimum atomic E-state index is -0.899. The molecule has 0 bridgehead atoms. The first-order chi connectivity index (χ1) is 10.1. The highest BCUT2D eigenvalue weighted by atomic mass is 16.4. The van der Waals surface area contributed by atoms with Crippen LogP contribution >= 0.6 is 0 Å². The molecule has 3 aromatic rings. The molecule has 1 aromatic carbocycles. The molecule has 21 heavy (non-hydrogen) atoms. The molecule has 0 saturated heterocycles. The lowest BCUT2D eigenvalue weighted by molar-refractivity contribution is 0.0699. The molecule has 0 aliphatic carbocycles. The number of benzene rings is 1. The van der Waals surface area contributed by atoms with Crippen LogP contribution in [0.2, 0.25) is 0 Å². The zero-order valence-electron chi connectivity index (χ0n) is 12.1. The summed E-state index contributed by atoms with van der Waals surface area (Å²) in [6.45, 7) is 2.68. The van der Waals surface area contributed by atoms with Gasteiger partial charge in [0.05, 0.1) is 23.5 Å². The molecule has 0 saturated carbocycles. The Bertz CT molecular complexity index is 814. The second kappa shape index (κ2) is 5.09. The van der Waals surface area contributed by atoms with Crippen molar-refractivity contribution in [2.75, 3.05) is 0 Å². The van der Waals surface area contributed by atoms with Crippen LogP contribution < -0.4 is 0 Å². The Labute approximate surface area is 122 Å². The smallest absolute Gasteiger partial charge is 0.337 e. The summed E-state index contributed by atoms with van der Waals surface area (Å²) < 4.78 is 3.82. The summed E-state index contributed by atoms with van der Waals surface area (Å²) in [6.07, 6.45) is 2.59. The second-order valence-electron chi connectivity index (χ2n) is 5.10. The van der Waals surface area contributed by atoms with Gasteiger partial charge in [-0.15, -0.1) is 0 Å². The minimum absolute atomic E-state index is 0.337. The van der Waals surface area contributed by atoms with Crippen LogP contribution in [0.25, 0.3) is 10.9 Å². The van der Waals surface area contributed by atoms with E-state index in [1.807, 2.05) is 40.6 Å². The van der Waals surface area contributed by atoms with Crippen molar-refractivity contribution in [1.82, 2.24) is 14.3 Å². The average Bonchev–Trinajstić information content (AvgIpc) is 3.01. The quantitative estimate of drug-likeness (QED) is 0.800. The zero-order chi connectivity index (χ0) is 15.0. The Morgan fingerprint density at radius 2 is 2.10 bits per heavy atom. The molecule has 3 rings (SSSR count). The summed E-state index contributed by atoms with van der Waals surface area (Å²) in [7, 11) is 1.91. The van der Waals surface area contributed by atoms with Gasteiger partial charge in [-0.2, -0.15) is 5.10 Å². The van der Waals surface area contributed by atoms with Crippen molar-refractivity contribution in [3.63, 3.8) is 0 Å². The maximum absolute atomic E-state index is 11.4. The maximum Gasteiger partial charge on any atom is 0.337 e. The van der Waals surface area contributed by atoms with E-state index in [0.29, 0.717) is 12.1 Å². The number of carboxylic acids is 1. The molecule has 2 heterocycles. The summed E-state index contributed by atoms with van der Waals surface area (Å²) in [5.41, 5.74) is 3.37. The topological polar surface area (TPSA) is 60.1 Å². The summed E-state index contributed by atoms with van der Waals surface area (Å²) in [5.74, 6) is -0.899. The van der Waals surface area contributed by atoms with E-state index < -0.39 is 5.97 Å². The van der Waals surface area contributed by atoms with Gasteiger partial charge in [-0.3, -0.25) is 4.68 Å². The van der Waals surface area contributed by atoms with Crippen molar-refractivity contribution in [2.45, 2.75) is 19.9 Å². The van der Waals surface area contributed by atoms with E-state index in [0.717, 1.165) is 28.7 Å². The fourth-order valence-electron chi connectivity index (χ4n) is 2.61. The predicted molar refractivity (Wildman–Crippen MR) is 80.6 cm³/mol. The summed E-state index contributed by atoms with van der Waals surface area (Å²) in [6, 6.07) is 9.63. The lowest BCUT2D eigenvalue weighted by Crippen LogP contribution is -2.04. The molecule has 0 radical (unpaired) electrons. The van der Waals surface area contributed by atoms with Crippen LogP contribution in [-0.4, -0.2) is 25.4 Å². The molecule has 2 aromatic heterocycles. The van der Waals surface area contributed by atoms with Crippen LogP contribution in [0.15, 0.2) is 36.5 Å². The number of hydrogen-bond acceptors (Lipinski definition) is 2. The van der Waals surface area contributed by atoms with Crippen LogP contribution in [0.4, 0.5) is 0 Å². The Balaban J connectivity index is 2.08. The van der Waals surface area contributed by atoms with Crippen LogP contribution in [0.3, 0.4) is 0 Å². The Hall–Kier alpha value is -2.56. The fraction of sp³-hybridized carbons (Fsp3) is 0.250. The highest BCUT2D eigenvalue weighted by Gasteiger charge is 2.14. The van der Waals surface area contributed by atoms with E-state index >= 15 is 0 Å². The third kappa shape index (κ3) is 2.31. The highest BCUT2D eigenvalue weighted by Crippen LogP contribution is 2.22. The third-order valence-corrected chi connectivity index (χ3v) is 3.74. The zero-order valence-corrected chi connectivity index (χ0v) is 12.1. The number of aromatic nitrogens is 3. The van der Waals surface area contributed by atoms with Crippen molar-refractivity contribution in [3.05, 3.63) is 53.5 Å². The van der Waals surface area contributed by atoms with E-state index in [4.69, 9.17) is 0 Å². The number of carbonyl (C=O) groups is 1. The highest BCUT2D eigenvalue weighted by molar-refractivity contribution is 6.03. The normalized spacial score (nSPS) is 11.1. The summed E-state index contributed by atoms with van der Waals surface area (Å²) >= 11 is 0. The molecule has 1 N–H and O–H groups in total. The van der Waals surface area contributed by atoms with Gasteiger partial charge in [0.2, 0.25) is 0 Å². The fourth-order valence-corrected chi connectivity index (χ4v) is 2.61. The molecule has 5 nitrogen and oxygen atoms in total. The van der Waals surface area contributed by atoms with Crippen LogP contribution in [0, 0.1) is 0 Å². The largest absolute Gasteiger partial charge is 0.478 e. The number of rotatable bonds is 4. The van der Waals surface area contributed by atoms with Gasteiger partial charge in [-0.1, -0.05) is 25.1 Å². The maximum atomic E-state index is 11.4. The molecular formula is C16H17N3O2. The van der Waals surface area contributed by atoms with Gasteiger partial charge in [0, 0.05) is 24.1 Å². The molecular weight excluding hydrogens is 266 g/mol. The lowest BCUT2D eigenvalue weighted by Gasteiger charge is -2.05. The van der Waals surface area contributed by atoms with E-state index in [-0.39, 0.29) is 0 Å². The van der Waals surface area contributed by atoms with Crippen molar-refractivity contribution in [3.8, 4) is 0 Å². The SMILES string of the molecule is CCc1cc(Cn2cc(C(=O)O)c3ccccc32)n(C)n1. The van der Waals surface area contributed by atoms with Gasteiger partial charge in [0.1, 0.15) is 0 Å². The van der Waals surface area contributed by atoms with Crippen LogP contribution in [-0.2, 0) is 20.0 Å². The number of fused-ring (bicyclic) bond motifs is 1. The van der Waals surface area contributed by atoms with Crippen LogP contribution in [0.1, 0.15) is 28.7 Å². The van der Waals surface area contributed by atoms with Gasteiger partial charge in [-0.05, 0) is 18.6 Å². The standard InChI is InChI=1S/C16H17N3O2/c1-3-11-8-12(18(2)17-11)9-19-10-14(16(20)21)13-6-4-5-7-15(13)19/h4-8,10H,3,9H2,1-2H3,(H,20,21). The molecule has 0 fully saturated rings. The summed E-state index contributed by atoms with van der Waals surface area (Å²) in [5, 5.41) is 14.5. The van der Waals surface area contributed by atoms with Gasteiger partial charge >= 0.3 is 5.97 Å². The van der Waals surface area contributed by atoms with Crippen molar-refractivity contribution in [2.24, 2.45) is 7.05 Å². The first-order valence-electron chi connectivity index (χ1n) is 6.93. The number of aromatic carboxylic acids is 1. The van der Waals surface area contributed by atoms with E-state index in [1.165, 1.54) is 0 Å². The van der Waals surface area contributed by atoms with E-state index in [1.54, 1.807) is 6.20 Å². The van der Waals surface area contributed by atoms with E-state index in [9.17, 15) is 9.90 Å². The molecule has 0 aliphatic heterocycles. The average molecular weight is 283 g/mol. The van der Waals surface area contributed by atoms with Gasteiger partial charge in [-0.25, -0.2) is 4.79 Å². The number of nitrogens with zero attached hydrogens (tertiary/aromatic N) is 3. The third-order valence-electron chi connectivity index (χ3n) is 3.74. The minimum Gasteiger partial charge on any atom is -0.478 e. The Morgan fingerprint density at radius 3 is 2.76 bits per heavy atom. The molecule has 0 amide bonds. The number of hydrogen-bond donors (Lipinski definition) is 1. The number of para-hydroxylation sites is 1. The molecule has 0 atom stereocenters. The second-order valence-corrected chi connectivity index (χ2v) is 5.10. The van der Waals surface area contributed by atoms with Gasteiger partial charge in [0.25, 0.3) is 0 Å². The molecule has 108 valence electrons. The van der Waals surface area contributed by atoms with Gasteiger partial charge in [0.15, 0.2) is 0 Å². The predicted octanol–water partition coefficient (Wildman–Crippen LogP) is 2.68. The van der Waals surface area contributed by atoms with Crippen molar-refractivity contribution in [1.29, 1.82) is 0 Å². The molecule has 0 aliphatic rings. The molecule has 0 unspecified atom stereocenters. The summed E-state index contributed by atoms with van der Waals surface area (Å²) in [4.78, 5) is 11.4. The molecule has 0 spiro atoms. The first kappa shape index (κ1) is 13.4. The van der Waals surface area contributed by atoms with Gasteiger partial charge < -0.3 is 9.67 Å². The Kier molecular flexibility index (Phi) is 3.25. The number of carboxylic acid groups (broad SMARTS) is 1. The first-order valence-corrected chi connectivity index (χ1v) is 6.93. The van der Waals surface area contributed by atoms with E-state index in [2.05, 4.69) is 18.1 Å². The monoisotopic (exact) mass is 283 g/mol. The number of aryl methyl sites for hydroxylation is 2. The Morgan fingerprint density at radius 1 is 1.33 bits per heavy atom.